The molecule has 1 unspecified atom stereocenters. The third kappa shape index (κ3) is 3.23. The highest BCUT2D eigenvalue weighted by molar-refractivity contribution is 5.73. The van der Waals surface area contributed by atoms with Gasteiger partial charge in [-0.15, -0.1) is 0 Å². The molecule has 6 nitrogen and oxygen atoms in total. The van der Waals surface area contributed by atoms with E-state index in [2.05, 4.69) is 11.9 Å². The van der Waals surface area contributed by atoms with Crippen molar-refractivity contribution in [1.82, 2.24) is 10.2 Å². The molecule has 0 spiro atoms. The van der Waals surface area contributed by atoms with Gasteiger partial charge in [-0.05, 0) is 6.92 Å². The number of carboxylic acids is 1. The lowest BCUT2D eigenvalue weighted by atomic mass is 10.1. The molecule has 0 aromatic carbocycles. The first-order valence-corrected chi connectivity index (χ1v) is 5.05. The molecule has 6 heteroatoms. The van der Waals surface area contributed by atoms with Crippen LogP contribution < -0.4 is 5.32 Å². The van der Waals surface area contributed by atoms with Crippen molar-refractivity contribution < 1.29 is 19.4 Å². The Morgan fingerprint density at radius 2 is 2.31 bits per heavy atom. The summed E-state index contributed by atoms with van der Waals surface area (Å²) < 4.78 is 4.74. The topological polar surface area (TPSA) is 78.9 Å². The third-order valence-corrected chi connectivity index (χ3v) is 2.47. The Morgan fingerprint density at radius 3 is 2.81 bits per heavy atom. The van der Waals surface area contributed by atoms with E-state index >= 15 is 0 Å². The summed E-state index contributed by atoms with van der Waals surface area (Å²) >= 11 is 0. The Kier molecular flexibility index (Phi) is 4.30. The Morgan fingerprint density at radius 1 is 1.69 bits per heavy atom. The Bertz CT molecular complexity index is 287. The van der Waals surface area contributed by atoms with Gasteiger partial charge < -0.3 is 15.2 Å². The number of amides is 1. The molecule has 1 amide bonds. The summed E-state index contributed by atoms with van der Waals surface area (Å²) in [7, 11) is 0. The van der Waals surface area contributed by atoms with Crippen molar-refractivity contribution in [3.63, 3.8) is 0 Å². The smallest absolute Gasteiger partial charge is 0.407 e. The average Bonchev–Trinajstić information content (AvgIpc) is 2.18. The van der Waals surface area contributed by atoms with Crippen LogP contribution in [-0.2, 0) is 9.53 Å². The van der Waals surface area contributed by atoms with Crippen molar-refractivity contribution in [2.45, 2.75) is 19.0 Å². The predicted molar refractivity (Wildman–Crippen MR) is 57.1 cm³/mol. The van der Waals surface area contributed by atoms with Gasteiger partial charge >= 0.3 is 12.1 Å². The molecular weight excluding hydrogens is 212 g/mol. The number of carboxylic acid groups (broad SMARTS) is 1. The zero-order chi connectivity index (χ0) is 12.1. The lowest BCUT2D eigenvalue weighted by molar-refractivity contribution is -0.144. The maximum absolute atomic E-state index is 11.1. The molecule has 90 valence electrons. The fraction of sp³-hybridized carbons (Fsp3) is 0.600. The van der Waals surface area contributed by atoms with Gasteiger partial charge in [-0.3, -0.25) is 9.69 Å². The number of carbonyl (C=O) groups excluding carboxylic acids is 1. The summed E-state index contributed by atoms with van der Waals surface area (Å²) in [5, 5.41) is 11.4. The molecule has 1 heterocycles. The number of rotatable bonds is 5. The second-order valence-electron chi connectivity index (χ2n) is 3.70. The van der Waals surface area contributed by atoms with Crippen molar-refractivity contribution in [3.8, 4) is 0 Å². The van der Waals surface area contributed by atoms with Gasteiger partial charge in [0.15, 0.2) is 0 Å². The van der Waals surface area contributed by atoms with E-state index in [1.165, 1.54) is 6.08 Å². The number of nitrogens with zero attached hydrogens (tertiary/aromatic N) is 1. The molecular formula is C10H16N2O4. The van der Waals surface area contributed by atoms with Crippen LogP contribution in [0.4, 0.5) is 4.79 Å². The molecule has 1 atom stereocenters. The number of hydrogen-bond acceptors (Lipinski definition) is 4. The van der Waals surface area contributed by atoms with Crippen LogP contribution in [0, 0.1) is 0 Å². The molecule has 0 saturated carbocycles. The van der Waals surface area contributed by atoms with Crippen LogP contribution in [0.1, 0.15) is 6.92 Å². The first-order valence-electron chi connectivity index (χ1n) is 5.05. The minimum absolute atomic E-state index is 0.0286. The van der Waals surface area contributed by atoms with Crippen LogP contribution in [0.3, 0.4) is 0 Å². The van der Waals surface area contributed by atoms with E-state index in [0.717, 1.165) is 0 Å². The predicted octanol–water partition coefficient (Wildman–Crippen LogP) is 0.0559. The van der Waals surface area contributed by atoms with Gasteiger partial charge in [-0.2, -0.15) is 0 Å². The molecule has 1 rings (SSSR count). The number of hydrogen-bond donors (Lipinski definition) is 2. The highest BCUT2D eigenvalue weighted by Gasteiger charge is 2.34. The highest BCUT2D eigenvalue weighted by atomic mass is 16.5. The zero-order valence-electron chi connectivity index (χ0n) is 9.18. The second-order valence-corrected chi connectivity index (χ2v) is 3.70. The summed E-state index contributed by atoms with van der Waals surface area (Å²) in [6, 6.07) is -0.540. The van der Waals surface area contributed by atoms with E-state index in [-0.39, 0.29) is 12.6 Å². The van der Waals surface area contributed by atoms with Crippen molar-refractivity contribution >= 4 is 12.1 Å². The quantitative estimate of drug-likeness (QED) is 0.650. The van der Waals surface area contributed by atoms with E-state index < -0.39 is 18.1 Å². The monoisotopic (exact) mass is 228 g/mol. The van der Waals surface area contributed by atoms with Gasteiger partial charge in [0.25, 0.3) is 0 Å². The van der Waals surface area contributed by atoms with Gasteiger partial charge in [0, 0.05) is 13.1 Å². The van der Waals surface area contributed by atoms with Gasteiger partial charge in [0.1, 0.15) is 12.6 Å². The molecule has 1 saturated heterocycles. The van der Waals surface area contributed by atoms with Crippen LogP contribution in [-0.4, -0.2) is 53.8 Å². The second kappa shape index (κ2) is 5.50. The Hall–Kier alpha value is -1.56. The van der Waals surface area contributed by atoms with Crippen LogP contribution in [0.2, 0.25) is 0 Å². The molecule has 1 aliphatic rings. The van der Waals surface area contributed by atoms with Crippen molar-refractivity contribution in [2.75, 3.05) is 19.7 Å². The fourth-order valence-corrected chi connectivity index (χ4v) is 1.42. The van der Waals surface area contributed by atoms with E-state index in [0.29, 0.717) is 13.1 Å². The van der Waals surface area contributed by atoms with Gasteiger partial charge in [-0.25, -0.2) is 4.79 Å². The third-order valence-electron chi connectivity index (χ3n) is 2.47. The van der Waals surface area contributed by atoms with Crippen molar-refractivity contribution in [2.24, 2.45) is 0 Å². The number of carbonyl (C=O) groups is 2. The molecule has 16 heavy (non-hydrogen) atoms. The lowest BCUT2D eigenvalue weighted by Crippen LogP contribution is -2.63. The largest absolute Gasteiger partial charge is 0.480 e. The summed E-state index contributed by atoms with van der Waals surface area (Å²) in [6.07, 6.45) is 0.992. The van der Waals surface area contributed by atoms with Gasteiger partial charge in [0.2, 0.25) is 0 Å². The van der Waals surface area contributed by atoms with Crippen LogP contribution >= 0.6 is 0 Å². The Labute approximate surface area is 93.9 Å². The number of alkyl carbamates (subject to hydrolysis) is 1. The zero-order valence-corrected chi connectivity index (χ0v) is 9.18. The van der Waals surface area contributed by atoms with E-state index in [4.69, 9.17) is 9.84 Å². The van der Waals surface area contributed by atoms with Crippen LogP contribution in [0.5, 0.6) is 0 Å². The number of likely N-dealkylation sites (tertiary alicyclic amines) is 1. The minimum atomic E-state index is -0.854. The first kappa shape index (κ1) is 12.5. The van der Waals surface area contributed by atoms with Crippen LogP contribution in [0.15, 0.2) is 12.7 Å². The van der Waals surface area contributed by atoms with E-state index in [1.807, 2.05) is 0 Å². The number of ether oxygens (including phenoxy) is 1. The Balaban J connectivity index is 2.18. The molecule has 0 bridgehead atoms. The number of aliphatic carboxylic acids is 1. The van der Waals surface area contributed by atoms with Gasteiger partial charge in [-0.1, -0.05) is 12.7 Å². The summed E-state index contributed by atoms with van der Waals surface area (Å²) in [5.74, 6) is -0.854. The molecule has 0 aromatic rings. The summed E-state index contributed by atoms with van der Waals surface area (Å²) in [6.45, 7) is 6.29. The minimum Gasteiger partial charge on any atom is -0.480 e. The standard InChI is InChI=1S/C10H16N2O4/c1-3-4-16-10(15)11-8-5-12(6-8)7(2)9(13)14/h3,7-8H,1,4-6H2,2H3,(H,11,15)(H,13,14). The van der Waals surface area contributed by atoms with Crippen molar-refractivity contribution in [1.29, 1.82) is 0 Å². The summed E-state index contributed by atoms with van der Waals surface area (Å²) in [5.41, 5.74) is 0. The molecule has 1 fully saturated rings. The molecule has 0 aromatic heterocycles. The number of nitrogens with one attached hydrogen (secondary N) is 1. The van der Waals surface area contributed by atoms with Crippen molar-refractivity contribution in [3.05, 3.63) is 12.7 Å². The average molecular weight is 228 g/mol. The lowest BCUT2D eigenvalue weighted by Gasteiger charge is -2.41. The molecule has 2 N–H and O–H groups in total. The van der Waals surface area contributed by atoms with E-state index in [1.54, 1.807) is 11.8 Å². The molecule has 0 radical (unpaired) electrons. The summed E-state index contributed by atoms with van der Waals surface area (Å²) in [4.78, 5) is 23.5. The van der Waals surface area contributed by atoms with Gasteiger partial charge in [0.05, 0.1) is 6.04 Å². The normalized spacial score (nSPS) is 18.3. The maximum Gasteiger partial charge on any atom is 0.407 e. The molecule has 1 aliphatic heterocycles. The van der Waals surface area contributed by atoms with Crippen LogP contribution in [0.25, 0.3) is 0 Å². The first-order chi connectivity index (χ1) is 7.54. The SMILES string of the molecule is C=CCOC(=O)NC1CN(C(C)C(=O)O)C1. The molecule has 0 aliphatic carbocycles. The fourth-order valence-electron chi connectivity index (χ4n) is 1.42. The van der Waals surface area contributed by atoms with E-state index in [9.17, 15) is 9.59 Å². The highest BCUT2D eigenvalue weighted by Crippen LogP contribution is 2.12. The maximum atomic E-state index is 11.1.